The average molecular weight is 390 g/mol. The van der Waals surface area contributed by atoms with E-state index in [9.17, 15) is 9.59 Å². The van der Waals surface area contributed by atoms with Crippen LogP contribution in [-0.2, 0) is 35.5 Å². The number of nitrogens with one attached hydrogen (secondary N) is 1. The van der Waals surface area contributed by atoms with Crippen molar-refractivity contribution in [3.8, 4) is 11.1 Å². The van der Waals surface area contributed by atoms with Crippen LogP contribution in [-0.4, -0.2) is 32.0 Å². The molecule has 148 valence electrons. The molecule has 1 aliphatic rings. The number of carboxylic acids is 1. The molecule has 7 nitrogen and oxygen atoms in total. The van der Waals surface area contributed by atoms with Gasteiger partial charge >= 0.3 is 5.97 Å². The lowest BCUT2D eigenvalue weighted by atomic mass is 10.00. The molecule has 0 saturated carbocycles. The maximum atomic E-state index is 12.1. The first-order valence-electron chi connectivity index (χ1n) is 9.66. The average Bonchev–Trinajstić information content (AvgIpc) is 3.30. The fraction of sp³-hybridized carbons (Fsp3) is 0.273. The summed E-state index contributed by atoms with van der Waals surface area (Å²) in [5.74, 6) is -1.04. The normalized spacial score (nSPS) is 11.7. The number of fused-ring (bicyclic) bond motifs is 3. The standard InChI is InChI=1S/C22H22N4O3/c27-21(23-12-18-13-26(25-24-18)14-22(28)29)7-3-4-15-8-9-17-11-16-5-1-2-6-19(16)20(17)10-15/h1-2,5-6,8-10,13H,3-4,7,11-12,14H2,(H,23,27)(H,28,29). The lowest BCUT2D eigenvalue weighted by molar-refractivity contribution is -0.138. The summed E-state index contributed by atoms with van der Waals surface area (Å²) in [4.78, 5) is 22.7. The summed E-state index contributed by atoms with van der Waals surface area (Å²) in [6.07, 6.45) is 4.55. The fourth-order valence-corrected chi connectivity index (χ4v) is 3.69. The maximum absolute atomic E-state index is 12.1. The van der Waals surface area contributed by atoms with E-state index in [4.69, 9.17) is 5.11 Å². The Morgan fingerprint density at radius 1 is 1.10 bits per heavy atom. The summed E-state index contributed by atoms with van der Waals surface area (Å²) in [6, 6.07) is 15.1. The lowest BCUT2D eigenvalue weighted by Crippen LogP contribution is -2.22. The zero-order valence-corrected chi connectivity index (χ0v) is 16.0. The Morgan fingerprint density at radius 3 is 2.79 bits per heavy atom. The molecule has 2 aromatic carbocycles. The monoisotopic (exact) mass is 390 g/mol. The van der Waals surface area contributed by atoms with Crippen molar-refractivity contribution in [2.75, 3.05) is 0 Å². The number of carboxylic acid groups (broad SMARTS) is 1. The number of aromatic nitrogens is 3. The highest BCUT2D eigenvalue weighted by Crippen LogP contribution is 2.36. The molecule has 0 unspecified atom stereocenters. The van der Waals surface area contributed by atoms with Crippen LogP contribution in [0.4, 0.5) is 0 Å². The number of nitrogens with zero attached hydrogens (tertiary/aromatic N) is 3. The van der Waals surface area contributed by atoms with Crippen LogP contribution in [0.1, 0.15) is 35.2 Å². The van der Waals surface area contributed by atoms with Crippen molar-refractivity contribution in [1.29, 1.82) is 0 Å². The minimum absolute atomic E-state index is 0.0516. The lowest BCUT2D eigenvalue weighted by Gasteiger charge is -2.06. The molecule has 7 heteroatoms. The number of hydrogen-bond acceptors (Lipinski definition) is 4. The van der Waals surface area contributed by atoms with Gasteiger partial charge in [-0.15, -0.1) is 5.10 Å². The van der Waals surface area contributed by atoms with Crippen molar-refractivity contribution < 1.29 is 14.7 Å². The molecule has 0 fully saturated rings. The van der Waals surface area contributed by atoms with Crippen LogP contribution >= 0.6 is 0 Å². The molecule has 0 radical (unpaired) electrons. The van der Waals surface area contributed by atoms with Crippen molar-refractivity contribution in [1.82, 2.24) is 20.3 Å². The molecule has 2 N–H and O–H groups in total. The topological polar surface area (TPSA) is 97.1 Å². The minimum atomic E-state index is -0.986. The van der Waals surface area contributed by atoms with E-state index < -0.39 is 5.97 Å². The van der Waals surface area contributed by atoms with Gasteiger partial charge in [0.15, 0.2) is 0 Å². The number of aryl methyl sites for hydroxylation is 1. The molecule has 29 heavy (non-hydrogen) atoms. The van der Waals surface area contributed by atoms with Gasteiger partial charge in [0.05, 0.1) is 12.7 Å². The third-order valence-electron chi connectivity index (χ3n) is 5.08. The maximum Gasteiger partial charge on any atom is 0.325 e. The Hall–Kier alpha value is -3.48. The summed E-state index contributed by atoms with van der Waals surface area (Å²) in [6.45, 7) is 0.000279. The van der Waals surface area contributed by atoms with E-state index in [2.05, 4.69) is 58.1 Å². The van der Waals surface area contributed by atoms with Gasteiger partial charge in [-0.1, -0.05) is 47.7 Å². The van der Waals surface area contributed by atoms with Crippen LogP contribution in [0.3, 0.4) is 0 Å². The zero-order valence-electron chi connectivity index (χ0n) is 16.0. The first-order valence-corrected chi connectivity index (χ1v) is 9.66. The third kappa shape index (κ3) is 4.51. The summed E-state index contributed by atoms with van der Waals surface area (Å²) in [5, 5.41) is 19.1. The van der Waals surface area contributed by atoms with Gasteiger partial charge in [0.2, 0.25) is 5.91 Å². The molecule has 0 atom stereocenters. The molecule has 0 spiro atoms. The van der Waals surface area contributed by atoms with Crippen molar-refractivity contribution >= 4 is 11.9 Å². The van der Waals surface area contributed by atoms with E-state index in [-0.39, 0.29) is 19.0 Å². The van der Waals surface area contributed by atoms with Crippen LogP contribution in [0.5, 0.6) is 0 Å². The van der Waals surface area contributed by atoms with Gasteiger partial charge in [-0.2, -0.15) is 0 Å². The third-order valence-corrected chi connectivity index (χ3v) is 5.08. The number of rotatable bonds is 8. The summed E-state index contributed by atoms with van der Waals surface area (Å²) >= 11 is 0. The van der Waals surface area contributed by atoms with Crippen molar-refractivity contribution in [3.05, 3.63) is 71.0 Å². The summed E-state index contributed by atoms with van der Waals surface area (Å²) < 4.78 is 1.23. The van der Waals surface area contributed by atoms with Crippen LogP contribution in [0.25, 0.3) is 11.1 Å². The molecule has 1 aromatic heterocycles. The highest BCUT2D eigenvalue weighted by atomic mass is 16.4. The molecule has 0 saturated heterocycles. The number of benzene rings is 2. The number of carbonyl (C=O) groups excluding carboxylic acids is 1. The van der Waals surface area contributed by atoms with Crippen LogP contribution in [0.2, 0.25) is 0 Å². The van der Waals surface area contributed by atoms with Crippen LogP contribution < -0.4 is 5.32 Å². The second-order valence-electron chi connectivity index (χ2n) is 7.26. The zero-order chi connectivity index (χ0) is 20.2. The van der Waals surface area contributed by atoms with E-state index in [1.807, 2.05) is 0 Å². The van der Waals surface area contributed by atoms with E-state index in [1.165, 1.54) is 38.7 Å². The van der Waals surface area contributed by atoms with Gasteiger partial charge in [-0.25, -0.2) is 4.68 Å². The van der Waals surface area contributed by atoms with Crippen molar-refractivity contribution in [2.45, 2.75) is 38.8 Å². The Labute approximate surface area is 168 Å². The van der Waals surface area contributed by atoms with Gasteiger partial charge in [0.25, 0.3) is 0 Å². The fourth-order valence-electron chi connectivity index (χ4n) is 3.69. The first kappa shape index (κ1) is 18.9. The molecule has 1 amide bonds. The van der Waals surface area contributed by atoms with Gasteiger partial charge in [0, 0.05) is 6.42 Å². The molecule has 4 rings (SSSR count). The van der Waals surface area contributed by atoms with Crippen LogP contribution in [0.15, 0.2) is 48.7 Å². The molecular formula is C22H22N4O3. The van der Waals surface area contributed by atoms with Gasteiger partial charge in [-0.05, 0) is 47.1 Å². The van der Waals surface area contributed by atoms with Gasteiger partial charge in [-0.3, -0.25) is 9.59 Å². The highest BCUT2D eigenvalue weighted by molar-refractivity contribution is 5.77. The Balaban J connectivity index is 1.25. The highest BCUT2D eigenvalue weighted by Gasteiger charge is 2.17. The summed E-state index contributed by atoms with van der Waals surface area (Å²) in [7, 11) is 0. The van der Waals surface area contributed by atoms with E-state index in [0.717, 1.165) is 19.3 Å². The predicted molar refractivity (Wildman–Crippen MR) is 107 cm³/mol. The largest absolute Gasteiger partial charge is 0.480 e. The predicted octanol–water partition coefficient (Wildman–Crippen LogP) is 2.57. The van der Waals surface area contributed by atoms with Gasteiger partial charge < -0.3 is 10.4 Å². The van der Waals surface area contributed by atoms with Crippen molar-refractivity contribution in [3.63, 3.8) is 0 Å². The quantitative estimate of drug-likeness (QED) is 0.482. The molecule has 1 heterocycles. The number of carbonyl (C=O) groups is 2. The molecule has 3 aromatic rings. The smallest absolute Gasteiger partial charge is 0.325 e. The SMILES string of the molecule is O=C(O)Cn1cc(CNC(=O)CCCc2ccc3c(c2)-c2ccccc2C3)nn1. The van der Waals surface area contributed by atoms with Crippen molar-refractivity contribution in [2.24, 2.45) is 0 Å². The summed E-state index contributed by atoms with van der Waals surface area (Å²) in [5.41, 5.74) is 7.15. The van der Waals surface area contributed by atoms with E-state index >= 15 is 0 Å². The number of hydrogen-bond donors (Lipinski definition) is 2. The second-order valence-corrected chi connectivity index (χ2v) is 7.26. The Morgan fingerprint density at radius 2 is 1.93 bits per heavy atom. The van der Waals surface area contributed by atoms with E-state index in [0.29, 0.717) is 12.1 Å². The molecular weight excluding hydrogens is 368 g/mol. The first-order chi connectivity index (χ1) is 14.1. The minimum Gasteiger partial charge on any atom is -0.480 e. The Kier molecular flexibility index (Phi) is 5.37. The van der Waals surface area contributed by atoms with Gasteiger partial charge in [0.1, 0.15) is 12.2 Å². The second kappa shape index (κ2) is 8.26. The van der Waals surface area contributed by atoms with E-state index in [1.54, 1.807) is 0 Å². The molecule has 0 bridgehead atoms. The molecule has 1 aliphatic carbocycles. The Bertz CT molecular complexity index is 1060. The number of amides is 1. The number of aliphatic carboxylic acids is 1. The molecule has 0 aliphatic heterocycles. The van der Waals surface area contributed by atoms with Crippen LogP contribution in [0, 0.1) is 0 Å².